The van der Waals surface area contributed by atoms with E-state index in [1.165, 1.54) is 30.3 Å². The first kappa shape index (κ1) is 21.0. The molecule has 0 atom stereocenters. The van der Waals surface area contributed by atoms with Crippen molar-refractivity contribution in [2.24, 2.45) is 5.73 Å². The number of halogens is 1. The minimum atomic E-state index is -3.88. The van der Waals surface area contributed by atoms with Crippen molar-refractivity contribution in [2.75, 3.05) is 10.0 Å². The summed E-state index contributed by atoms with van der Waals surface area (Å²) in [7, 11) is -3.88. The van der Waals surface area contributed by atoms with Crippen LogP contribution >= 0.6 is 0 Å². The van der Waals surface area contributed by atoms with Crippen LogP contribution in [-0.2, 0) is 10.0 Å². The molecular weight excluding hydrogens is 409 g/mol. The lowest BCUT2D eigenvalue weighted by Gasteiger charge is -2.10. The topological polar surface area (TPSA) is 118 Å². The van der Waals surface area contributed by atoms with E-state index in [2.05, 4.69) is 10.0 Å². The van der Waals surface area contributed by atoms with Gasteiger partial charge in [0.25, 0.3) is 15.9 Å². The van der Waals surface area contributed by atoms with Gasteiger partial charge in [0.15, 0.2) is 0 Å². The number of hydrogen-bond donors (Lipinski definition) is 3. The lowest BCUT2D eigenvalue weighted by Crippen LogP contribution is -2.15. The summed E-state index contributed by atoms with van der Waals surface area (Å²) in [5.41, 5.74) is 7.30. The number of anilines is 2. The standard InChI is InChI=1S/C21H18FN3O4S/c1-13-12-17(8-11-19(13)20(23)26)24-21(27)14-2-6-16(7-3-14)25-30(28,29)18-9-4-15(22)5-10-18/h2-12,25H,1H3,(H2,23,26)(H,24,27). The molecule has 0 aliphatic heterocycles. The van der Waals surface area contributed by atoms with E-state index in [-0.39, 0.29) is 10.6 Å². The molecule has 0 aromatic heterocycles. The minimum Gasteiger partial charge on any atom is -0.366 e. The van der Waals surface area contributed by atoms with Crippen LogP contribution in [0.1, 0.15) is 26.3 Å². The summed E-state index contributed by atoms with van der Waals surface area (Å²) < 4.78 is 40.0. The van der Waals surface area contributed by atoms with Crippen molar-refractivity contribution in [3.05, 3.63) is 89.2 Å². The van der Waals surface area contributed by atoms with Gasteiger partial charge in [0.05, 0.1) is 4.90 Å². The summed E-state index contributed by atoms with van der Waals surface area (Å²) in [6.07, 6.45) is 0. The molecule has 3 aromatic carbocycles. The number of carbonyl (C=O) groups is 2. The first-order chi connectivity index (χ1) is 14.2. The van der Waals surface area contributed by atoms with E-state index in [4.69, 9.17) is 5.73 Å². The molecule has 0 fully saturated rings. The van der Waals surface area contributed by atoms with Gasteiger partial charge in [0.1, 0.15) is 5.82 Å². The smallest absolute Gasteiger partial charge is 0.261 e. The molecule has 30 heavy (non-hydrogen) atoms. The number of carbonyl (C=O) groups excluding carboxylic acids is 2. The van der Waals surface area contributed by atoms with Crippen LogP contribution in [0.25, 0.3) is 0 Å². The molecule has 0 bridgehead atoms. The molecule has 3 rings (SSSR count). The van der Waals surface area contributed by atoms with Gasteiger partial charge in [0, 0.05) is 22.5 Å². The Bertz CT molecular complexity index is 1210. The molecule has 0 aliphatic carbocycles. The zero-order chi connectivity index (χ0) is 21.9. The fraction of sp³-hybridized carbons (Fsp3) is 0.0476. The summed E-state index contributed by atoms with van der Waals surface area (Å²) in [6, 6.07) is 15.0. The fourth-order valence-electron chi connectivity index (χ4n) is 2.74. The van der Waals surface area contributed by atoms with Gasteiger partial charge in [-0.2, -0.15) is 0 Å². The highest BCUT2D eigenvalue weighted by Gasteiger charge is 2.15. The SMILES string of the molecule is Cc1cc(NC(=O)c2ccc(NS(=O)(=O)c3ccc(F)cc3)cc2)ccc1C(N)=O. The summed E-state index contributed by atoms with van der Waals surface area (Å²) >= 11 is 0. The maximum absolute atomic E-state index is 13.0. The Morgan fingerprint density at radius 2 is 1.50 bits per heavy atom. The van der Waals surface area contributed by atoms with Crippen molar-refractivity contribution in [3.8, 4) is 0 Å². The zero-order valence-electron chi connectivity index (χ0n) is 15.8. The highest BCUT2D eigenvalue weighted by molar-refractivity contribution is 7.92. The van der Waals surface area contributed by atoms with Crippen molar-refractivity contribution >= 4 is 33.2 Å². The lowest BCUT2D eigenvalue weighted by atomic mass is 10.1. The Kier molecular flexibility index (Phi) is 5.84. The number of nitrogens with two attached hydrogens (primary N) is 1. The second kappa shape index (κ2) is 8.34. The van der Waals surface area contributed by atoms with Gasteiger partial charge in [-0.3, -0.25) is 14.3 Å². The number of amides is 2. The van der Waals surface area contributed by atoms with Crippen molar-refractivity contribution in [1.29, 1.82) is 0 Å². The Morgan fingerprint density at radius 1 is 0.900 bits per heavy atom. The number of hydrogen-bond acceptors (Lipinski definition) is 4. The van der Waals surface area contributed by atoms with Gasteiger partial charge in [-0.15, -0.1) is 0 Å². The van der Waals surface area contributed by atoms with Crippen molar-refractivity contribution in [2.45, 2.75) is 11.8 Å². The maximum atomic E-state index is 13.0. The predicted octanol–water partition coefficient (Wildman–Crippen LogP) is 3.29. The van der Waals surface area contributed by atoms with Crippen molar-refractivity contribution in [1.82, 2.24) is 0 Å². The lowest BCUT2D eigenvalue weighted by molar-refractivity contribution is 0.0997. The van der Waals surface area contributed by atoms with Gasteiger partial charge >= 0.3 is 0 Å². The molecule has 0 aliphatic rings. The first-order valence-corrected chi connectivity index (χ1v) is 10.2. The fourth-order valence-corrected chi connectivity index (χ4v) is 3.80. The van der Waals surface area contributed by atoms with Crippen LogP contribution in [-0.4, -0.2) is 20.2 Å². The molecule has 0 saturated heterocycles. The molecule has 0 spiro atoms. The molecule has 0 radical (unpaired) electrons. The molecule has 9 heteroatoms. The monoisotopic (exact) mass is 427 g/mol. The van der Waals surface area contributed by atoms with Crippen molar-refractivity contribution in [3.63, 3.8) is 0 Å². The largest absolute Gasteiger partial charge is 0.366 e. The van der Waals surface area contributed by atoms with E-state index in [9.17, 15) is 22.4 Å². The van der Waals surface area contributed by atoms with E-state index in [0.717, 1.165) is 24.3 Å². The summed E-state index contributed by atoms with van der Waals surface area (Å²) in [6.45, 7) is 1.71. The molecule has 154 valence electrons. The zero-order valence-corrected chi connectivity index (χ0v) is 16.7. The number of benzene rings is 3. The third-order valence-corrected chi connectivity index (χ3v) is 5.67. The average molecular weight is 427 g/mol. The number of rotatable bonds is 6. The normalized spacial score (nSPS) is 11.0. The molecule has 4 N–H and O–H groups in total. The molecule has 2 amide bonds. The first-order valence-electron chi connectivity index (χ1n) is 8.76. The van der Waals surface area contributed by atoms with Crippen molar-refractivity contribution < 1.29 is 22.4 Å². The highest BCUT2D eigenvalue weighted by Crippen LogP contribution is 2.19. The predicted molar refractivity (Wildman–Crippen MR) is 111 cm³/mol. The number of aryl methyl sites for hydroxylation is 1. The highest BCUT2D eigenvalue weighted by atomic mass is 32.2. The summed E-state index contributed by atoms with van der Waals surface area (Å²) in [4.78, 5) is 23.6. The van der Waals surface area contributed by atoms with Crippen LogP contribution in [0, 0.1) is 12.7 Å². The van der Waals surface area contributed by atoms with Crippen LogP contribution in [0.2, 0.25) is 0 Å². The quantitative estimate of drug-likeness (QED) is 0.559. The Hall–Kier alpha value is -3.72. The summed E-state index contributed by atoms with van der Waals surface area (Å²) in [5, 5.41) is 2.70. The number of sulfonamides is 1. The van der Waals surface area contributed by atoms with Crippen LogP contribution in [0.5, 0.6) is 0 Å². The van der Waals surface area contributed by atoms with Gasteiger partial charge in [-0.1, -0.05) is 0 Å². The van der Waals surface area contributed by atoms with Crippen LogP contribution in [0.4, 0.5) is 15.8 Å². The Balaban J connectivity index is 1.70. The van der Waals surface area contributed by atoms with E-state index < -0.39 is 27.7 Å². The second-order valence-corrected chi connectivity index (χ2v) is 8.17. The van der Waals surface area contributed by atoms with E-state index in [0.29, 0.717) is 22.4 Å². The molecule has 0 heterocycles. The Labute approximate surface area is 172 Å². The summed E-state index contributed by atoms with van der Waals surface area (Å²) in [5.74, 6) is -1.50. The molecule has 7 nitrogen and oxygen atoms in total. The molecule has 3 aromatic rings. The molecular formula is C21H18FN3O4S. The number of primary amides is 1. The molecule has 0 unspecified atom stereocenters. The van der Waals surface area contributed by atoms with Gasteiger partial charge < -0.3 is 11.1 Å². The van der Waals surface area contributed by atoms with E-state index in [1.807, 2.05) is 0 Å². The number of nitrogens with one attached hydrogen (secondary N) is 2. The van der Waals surface area contributed by atoms with Crippen LogP contribution in [0.15, 0.2) is 71.6 Å². The molecule has 0 saturated carbocycles. The van der Waals surface area contributed by atoms with E-state index in [1.54, 1.807) is 19.1 Å². The Morgan fingerprint density at radius 3 is 2.07 bits per heavy atom. The third kappa shape index (κ3) is 4.81. The van der Waals surface area contributed by atoms with Crippen LogP contribution < -0.4 is 15.8 Å². The maximum Gasteiger partial charge on any atom is 0.261 e. The van der Waals surface area contributed by atoms with Gasteiger partial charge in [0.2, 0.25) is 5.91 Å². The van der Waals surface area contributed by atoms with E-state index >= 15 is 0 Å². The third-order valence-electron chi connectivity index (χ3n) is 4.27. The van der Waals surface area contributed by atoms with Crippen LogP contribution in [0.3, 0.4) is 0 Å². The average Bonchev–Trinajstić information content (AvgIpc) is 2.68. The van der Waals surface area contributed by atoms with Gasteiger partial charge in [-0.25, -0.2) is 12.8 Å². The van der Waals surface area contributed by atoms with Gasteiger partial charge in [-0.05, 0) is 79.2 Å². The minimum absolute atomic E-state index is 0.0829. The second-order valence-electron chi connectivity index (χ2n) is 6.48.